The van der Waals surface area contributed by atoms with Crippen molar-refractivity contribution in [3.8, 4) is 0 Å². The van der Waals surface area contributed by atoms with Crippen molar-refractivity contribution in [1.29, 1.82) is 0 Å². The maximum Gasteiger partial charge on any atom is 0.267 e. The highest BCUT2D eigenvalue weighted by molar-refractivity contribution is 5.98. The maximum atomic E-state index is 12.1. The zero-order chi connectivity index (χ0) is 17.0. The first-order valence-corrected chi connectivity index (χ1v) is 7.36. The molecule has 120 valence electrons. The first kappa shape index (κ1) is 19.8. The number of allylic oxidation sites excluding steroid dienone is 3. The van der Waals surface area contributed by atoms with Crippen LogP contribution in [0.15, 0.2) is 54.1 Å². The van der Waals surface area contributed by atoms with Gasteiger partial charge < -0.3 is 0 Å². The number of carbonyl (C=O) groups excluding carboxylic acids is 2. The lowest BCUT2D eigenvalue weighted by molar-refractivity contribution is -0.124. The number of hydrogen-bond donors (Lipinski definition) is 2. The Hall–Kier alpha value is -2.20. The number of ketones is 1. The lowest BCUT2D eigenvalue weighted by atomic mass is 9.97. The third-order valence-electron chi connectivity index (χ3n) is 2.59. The molecule has 1 aromatic carbocycles. The van der Waals surface area contributed by atoms with Crippen LogP contribution < -0.4 is 5.48 Å². The molecule has 0 aliphatic rings. The van der Waals surface area contributed by atoms with Gasteiger partial charge in [-0.1, -0.05) is 75.2 Å². The molecule has 1 rings (SSSR count). The van der Waals surface area contributed by atoms with Crippen LogP contribution in [0.3, 0.4) is 0 Å². The van der Waals surface area contributed by atoms with Gasteiger partial charge in [0.1, 0.15) is 0 Å². The Bertz CT molecular complexity index is 518. The van der Waals surface area contributed by atoms with Crippen LogP contribution in [-0.2, 0) is 4.79 Å². The Balaban J connectivity index is 0.00000135. The summed E-state index contributed by atoms with van der Waals surface area (Å²) in [7, 11) is 0. The first-order chi connectivity index (χ1) is 10.5. The second-order valence-electron chi connectivity index (χ2n) is 4.95. The van der Waals surface area contributed by atoms with Crippen LogP contribution in [0.2, 0.25) is 0 Å². The molecular weight excluding hydrogens is 278 g/mol. The fourth-order valence-corrected chi connectivity index (χ4v) is 1.64. The predicted molar refractivity (Wildman–Crippen MR) is 88.7 cm³/mol. The van der Waals surface area contributed by atoms with Crippen molar-refractivity contribution in [2.75, 3.05) is 0 Å². The van der Waals surface area contributed by atoms with Crippen molar-refractivity contribution < 1.29 is 14.8 Å². The normalized spacial score (nSPS) is 12.3. The van der Waals surface area contributed by atoms with E-state index in [2.05, 4.69) is 13.8 Å². The van der Waals surface area contributed by atoms with Gasteiger partial charge in [-0.25, -0.2) is 5.48 Å². The SMILES string of the molecule is CC(/C=C/C(=O)NO)=C\[C@@H](C)C(=O)c1ccccc1.CCC. The molecule has 2 N–H and O–H groups in total. The molecule has 0 aliphatic carbocycles. The van der Waals surface area contributed by atoms with Gasteiger partial charge in [0.2, 0.25) is 0 Å². The topological polar surface area (TPSA) is 66.4 Å². The van der Waals surface area contributed by atoms with Crippen molar-refractivity contribution in [3.05, 3.63) is 59.7 Å². The number of amides is 1. The summed E-state index contributed by atoms with van der Waals surface area (Å²) >= 11 is 0. The fraction of sp³-hybridized carbons (Fsp3) is 0.333. The van der Waals surface area contributed by atoms with Crippen LogP contribution in [0.4, 0.5) is 0 Å². The maximum absolute atomic E-state index is 12.1. The van der Waals surface area contributed by atoms with Crippen LogP contribution in [-0.4, -0.2) is 16.9 Å². The monoisotopic (exact) mass is 303 g/mol. The average molecular weight is 303 g/mol. The molecule has 4 nitrogen and oxygen atoms in total. The second-order valence-corrected chi connectivity index (χ2v) is 4.95. The van der Waals surface area contributed by atoms with Crippen molar-refractivity contribution in [2.24, 2.45) is 5.92 Å². The third-order valence-corrected chi connectivity index (χ3v) is 2.59. The van der Waals surface area contributed by atoms with E-state index in [-0.39, 0.29) is 11.7 Å². The van der Waals surface area contributed by atoms with E-state index in [1.54, 1.807) is 38.1 Å². The average Bonchev–Trinajstić information content (AvgIpc) is 2.53. The molecule has 0 aliphatic heterocycles. The Morgan fingerprint density at radius 1 is 1.18 bits per heavy atom. The van der Waals surface area contributed by atoms with E-state index in [9.17, 15) is 9.59 Å². The van der Waals surface area contributed by atoms with Gasteiger partial charge in [-0.3, -0.25) is 14.8 Å². The minimum atomic E-state index is -0.602. The quantitative estimate of drug-likeness (QED) is 0.285. The van der Waals surface area contributed by atoms with Crippen molar-refractivity contribution in [3.63, 3.8) is 0 Å². The number of Topliss-reactive ketones (excluding diaryl/α,β-unsaturated/α-hetero) is 1. The predicted octanol–water partition coefficient (Wildman–Crippen LogP) is 3.93. The third kappa shape index (κ3) is 8.17. The van der Waals surface area contributed by atoms with Gasteiger partial charge in [0.25, 0.3) is 5.91 Å². The lowest BCUT2D eigenvalue weighted by Gasteiger charge is -2.06. The standard InChI is InChI=1S/C15H17NO3.C3H8/c1-11(8-9-14(17)16-19)10-12(2)15(18)13-6-4-3-5-7-13;1-3-2/h3-10,12,19H,1-2H3,(H,16,17);3H2,1-2H3/b9-8+,11-10+;/t12-;/m1./s1. The highest BCUT2D eigenvalue weighted by Crippen LogP contribution is 2.12. The van der Waals surface area contributed by atoms with Gasteiger partial charge in [-0.2, -0.15) is 0 Å². The fourth-order valence-electron chi connectivity index (χ4n) is 1.64. The summed E-state index contributed by atoms with van der Waals surface area (Å²) in [5, 5.41) is 8.34. The smallest absolute Gasteiger partial charge is 0.267 e. The Labute approximate surface area is 132 Å². The van der Waals surface area contributed by atoms with E-state index in [0.717, 1.165) is 5.57 Å². The van der Waals surface area contributed by atoms with E-state index in [1.165, 1.54) is 18.0 Å². The number of benzene rings is 1. The number of hydrogen-bond acceptors (Lipinski definition) is 3. The van der Waals surface area contributed by atoms with Crippen molar-refractivity contribution in [1.82, 2.24) is 5.48 Å². The number of rotatable bonds is 5. The summed E-state index contributed by atoms with van der Waals surface area (Å²) in [5.41, 5.74) is 2.94. The highest BCUT2D eigenvalue weighted by Gasteiger charge is 2.12. The molecule has 0 fully saturated rings. The van der Waals surface area contributed by atoms with Gasteiger partial charge in [-0.15, -0.1) is 0 Å². The number of nitrogens with one attached hydrogen (secondary N) is 1. The molecule has 0 heterocycles. The summed E-state index contributed by atoms with van der Waals surface area (Å²) in [6.45, 7) is 7.84. The molecule has 1 aromatic rings. The molecule has 4 heteroatoms. The zero-order valence-corrected chi connectivity index (χ0v) is 13.7. The molecule has 22 heavy (non-hydrogen) atoms. The molecule has 0 aromatic heterocycles. The zero-order valence-electron chi connectivity index (χ0n) is 13.7. The number of carbonyl (C=O) groups is 2. The molecule has 1 amide bonds. The summed E-state index contributed by atoms with van der Waals surface area (Å²) < 4.78 is 0. The molecule has 0 unspecified atom stereocenters. The van der Waals surface area contributed by atoms with Gasteiger partial charge in [0.05, 0.1) is 0 Å². The Morgan fingerprint density at radius 2 is 1.73 bits per heavy atom. The molecule has 0 spiro atoms. The van der Waals surface area contributed by atoms with Gasteiger partial charge in [0, 0.05) is 17.6 Å². The van der Waals surface area contributed by atoms with Crippen molar-refractivity contribution >= 4 is 11.7 Å². The van der Waals surface area contributed by atoms with Crippen LogP contribution in [0.1, 0.15) is 44.5 Å². The Morgan fingerprint density at radius 3 is 2.23 bits per heavy atom. The first-order valence-electron chi connectivity index (χ1n) is 7.36. The lowest BCUT2D eigenvalue weighted by Crippen LogP contribution is -2.15. The van der Waals surface area contributed by atoms with Crippen molar-refractivity contribution in [2.45, 2.75) is 34.1 Å². The summed E-state index contributed by atoms with van der Waals surface area (Å²) in [6, 6.07) is 9.05. The summed E-state index contributed by atoms with van der Waals surface area (Å²) in [6.07, 6.45) is 5.77. The van der Waals surface area contributed by atoms with Gasteiger partial charge in [0.15, 0.2) is 5.78 Å². The minimum absolute atomic E-state index is 0.0277. The highest BCUT2D eigenvalue weighted by atomic mass is 16.5. The molecule has 0 bridgehead atoms. The van der Waals surface area contributed by atoms with E-state index < -0.39 is 5.91 Å². The van der Waals surface area contributed by atoms with E-state index >= 15 is 0 Å². The van der Waals surface area contributed by atoms with E-state index in [0.29, 0.717) is 5.56 Å². The molecular formula is C18H25NO3. The molecule has 1 atom stereocenters. The molecule has 0 saturated carbocycles. The van der Waals surface area contributed by atoms with Crippen LogP contribution in [0.25, 0.3) is 0 Å². The van der Waals surface area contributed by atoms with E-state index in [1.807, 2.05) is 18.2 Å². The van der Waals surface area contributed by atoms with Gasteiger partial charge >= 0.3 is 0 Å². The van der Waals surface area contributed by atoms with E-state index in [4.69, 9.17) is 5.21 Å². The second kappa shape index (κ2) is 11.5. The van der Waals surface area contributed by atoms with Gasteiger partial charge in [-0.05, 0) is 6.92 Å². The van der Waals surface area contributed by atoms with Crippen LogP contribution >= 0.6 is 0 Å². The molecule has 0 saturated heterocycles. The largest absolute Gasteiger partial charge is 0.294 e. The van der Waals surface area contributed by atoms with Crippen LogP contribution in [0, 0.1) is 5.92 Å². The summed E-state index contributed by atoms with van der Waals surface area (Å²) in [4.78, 5) is 22.9. The minimum Gasteiger partial charge on any atom is -0.294 e. The summed E-state index contributed by atoms with van der Waals surface area (Å²) in [5.74, 6) is -0.848. The Kier molecular flexibility index (Phi) is 10.3. The van der Waals surface area contributed by atoms with Crippen LogP contribution in [0.5, 0.6) is 0 Å². The number of hydroxylamine groups is 1. The molecule has 0 radical (unpaired) electrons.